The summed E-state index contributed by atoms with van der Waals surface area (Å²) in [5.74, 6) is 0.400. The maximum absolute atomic E-state index is 12.4. The largest absolute Gasteiger partial charge is 0.353 e. The maximum atomic E-state index is 12.4. The fraction of sp³-hybridized carbons (Fsp3) is 0.562. The summed E-state index contributed by atoms with van der Waals surface area (Å²) in [6.45, 7) is 2.11. The van der Waals surface area contributed by atoms with Crippen molar-refractivity contribution < 1.29 is 4.79 Å². The minimum absolute atomic E-state index is 0.147. The zero-order chi connectivity index (χ0) is 13.1. The van der Waals surface area contributed by atoms with Gasteiger partial charge in [-0.3, -0.25) is 4.79 Å². The third kappa shape index (κ3) is 2.98. The summed E-state index contributed by atoms with van der Waals surface area (Å²) in [5, 5.41) is 6.64. The molecule has 1 aromatic rings. The SMILES string of the molecule is O=C(NC1CCCNCC1)C1Cc2ccccc2C1. The van der Waals surface area contributed by atoms with Crippen molar-refractivity contribution in [2.75, 3.05) is 13.1 Å². The summed E-state index contributed by atoms with van der Waals surface area (Å²) in [5.41, 5.74) is 2.70. The number of amides is 1. The molecule has 1 unspecified atom stereocenters. The third-order valence-electron chi connectivity index (χ3n) is 4.34. The van der Waals surface area contributed by atoms with E-state index in [1.165, 1.54) is 11.1 Å². The van der Waals surface area contributed by atoms with Gasteiger partial charge < -0.3 is 10.6 Å². The van der Waals surface area contributed by atoms with E-state index in [1.54, 1.807) is 0 Å². The Morgan fingerprint density at radius 3 is 2.58 bits per heavy atom. The van der Waals surface area contributed by atoms with Crippen LogP contribution in [0.5, 0.6) is 0 Å². The molecule has 0 bridgehead atoms. The molecule has 1 saturated heterocycles. The van der Waals surface area contributed by atoms with E-state index in [1.807, 2.05) is 0 Å². The van der Waals surface area contributed by atoms with Gasteiger partial charge in [0.25, 0.3) is 0 Å². The lowest BCUT2D eigenvalue weighted by molar-refractivity contribution is -0.125. The van der Waals surface area contributed by atoms with Gasteiger partial charge in [-0.15, -0.1) is 0 Å². The van der Waals surface area contributed by atoms with Gasteiger partial charge in [-0.1, -0.05) is 24.3 Å². The molecular formula is C16H22N2O. The average molecular weight is 258 g/mol. The summed E-state index contributed by atoms with van der Waals surface area (Å²) >= 11 is 0. The summed E-state index contributed by atoms with van der Waals surface area (Å²) < 4.78 is 0. The Bertz CT molecular complexity index is 425. The number of hydrogen-bond donors (Lipinski definition) is 2. The first-order valence-corrected chi connectivity index (χ1v) is 7.41. The molecule has 1 amide bonds. The van der Waals surface area contributed by atoms with Crippen LogP contribution in [0.1, 0.15) is 30.4 Å². The summed E-state index contributed by atoms with van der Waals surface area (Å²) in [6.07, 6.45) is 5.15. The van der Waals surface area contributed by atoms with Gasteiger partial charge in [0.15, 0.2) is 0 Å². The number of nitrogens with one attached hydrogen (secondary N) is 2. The van der Waals surface area contributed by atoms with Gasteiger partial charge in [0.05, 0.1) is 0 Å². The first-order valence-electron chi connectivity index (χ1n) is 7.41. The topological polar surface area (TPSA) is 41.1 Å². The highest BCUT2D eigenvalue weighted by atomic mass is 16.1. The van der Waals surface area contributed by atoms with Gasteiger partial charge in [0, 0.05) is 12.0 Å². The van der Waals surface area contributed by atoms with Crippen LogP contribution in [0.25, 0.3) is 0 Å². The molecule has 2 N–H and O–H groups in total. The Morgan fingerprint density at radius 2 is 1.84 bits per heavy atom. The molecule has 1 aliphatic carbocycles. The first kappa shape index (κ1) is 12.7. The fourth-order valence-corrected chi connectivity index (χ4v) is 3.23. The standard InChI is InChI=1S/C16H22N2O/c19-16(18-15-6-3-8-17-9-7-15)14-10-12-4-1-2-5-13(12)11-14/h1-2,4-5,14-15,17H,3,6-11H2,(H,18,19). The highest BCUT2D eigenvalue weighted by molar-refractivity contribution is 5.80. The molecule has 102 valence electrons. The molecule has 0 aromatic heterocycles. The number of carbonyl (C=O) groups is 1. The van der Waals surface area contributed by atoms with Crippen LogP contribution >= 0.6 is 0 Å². The first-order chi connectivity index (χ1) is 9.33. The normalized spacial score (nSPS) is 23.7. The second-order valence-corrected chi connectivity index (χ2v) is 5.76. The van der Waals surface area contributed by atoms with Crippen molar-refractivity contribution in [2.45, 2.75) is 38.1 Å². The quantitative estimate of drug-likeness (QED) is 0.847. The molecule has 3 rings (SSSR count). The van der Waals surface area contributed by atoms with Crippen molar-refractivity contribution in [1.82, 2.24) is 10.6 Å². The van der Waals surface area contributed by atoms with Crippen molar-refractivity contribution in [3.8, 4) is 0 Å². The van der Waals surface area contributed by atoms with E-state index in [0.29, 0.717) is 6.04 Å². The molecule has 1 atom stereocenters. The molecule has 2 aliphatic rings. The number of rotatable bonds is 2. The van der Waals surface area contributed by atoms with Crippen LogP contribution in [0, 0.1) is 5.92 Å². The van der Waals surface area contributed by atoms with E-state index < -0.39 is 0 Å². The van der Waals surface area contributed by atoms with Crippen LogP contribution in [-0.4, -0.2) is 25.0 Å². The monoisotopic (exact) mass is 258 g/mol. The Morgan fingerprint density at radius 1 is 1.11 bits per heavy atom. The summed E-state index contributed by atoms with van der Waals surface area (Å²) in [4.78, 5) is 12.4. The van der Waals surface area contributed by atoms with Gasteiger partial charge in [0.1, 0.15) is 0 Å². The molecule has 0 spiro atoms. The molecular weight excluding hydrogens is 236 g/mol. The fourth-order valence-electron chi connectivity index (χ4n) is 3.23. The molecule has 3 heteroatoms. The highest BCUT2D eigenvalue weighted by Gasteiger charge is 2.28. The van der Waals surface area contributed by atoms with Crippen molar-refractivity contribution in [2.24, 2.45) is 5.92 Å². The molecule has 0 radical (unpaired) electrons. The predicted molar refractivity (Wildman–Crippen MR) is 76.0 cm³/mol. The second kappa shape index (κ2) is 5.74. The molecule has 1 aliphatic heterocycles. The molecule has 0 saturated carbocycles. The maximum Gasteiger partial charge on any atom is 0.223 e. The molecule has 1 heterocycles. The summed E-state index contributed by atoms with van der Waals surface area (Å²) in [6, 6.07) is 8.80. The number of benzene rings is 1. The summed E-state index contributed by atoms with van der Waals surface area (Å²) in [7, 11) is 0. The van der Waals surface area contributed by atoms with Gasteiger partial charge in [-0.05, 0) is 56.3 Å². The number of carbonyl (C=O) groups excluding carboxylic acids is 1. The van der Waals surface area contributed by atoms with Crippen LogP contribution in [-0.2, 0) is 17.6 Å². The molecule has 19 heavy (non-hydrogen) atoms. The second-order valence-electron chi connectivity index (χ2n) is 5.76. The predicted octanol–water partition coefficient (Wildman–Crippen LogP) is 1.66. The number of hydrogen-bond acceptors (Lipinski definition) is 2. The Kier molecular flexibility index (Phi) is 3.83. The van der Waals surface area contributed by atoms with E-state index in [4.69, 9.17) is 0 Å². The van der Waals surface area contributed by atoms with Crippen molar-refractivity contribution in [3.63, 3.8) is 0 Å². The van der Waals surface area contributed by atoms with E-state index in [9.17, 15) is 4.79 Å². The van der Waals surface area contributed by atoms with Crippen molar-refractivity contribution in [3.05, 3.63) is 35.4 Å². The highest BCUT2D eigenvalue weighted by Crippen LogP contribution is 2.26. The van der Waals surface area contributed by atoms with E-state index in [0.717, 1.165) is 45.2 Å². The van der Waals surface area contributed by atoms with Gasteiger partial charge in [0.2, 0.25) is 5.91 Å². The zero-order valence-corrected chi connectivity index (χ0v) is 11.3. The smallest absolute Gasteiger partial charge is 0.223 e. The lowest BCUT2D eigenvalue weighted by Crippen LogP contribution is -2.39. The van der Waals surface area contributed by atoms with E-state index in [-0.39, 0.29) is 11.8 Å². The van der Waals surface area contributed by atoms with Crippen LogP contribution in [0.4, 0.5) is 0 Å². The van der Waals surface area contributed by atoms with Gasteiger partial charge >= 0.3 is 0 Å². The number of fused-ring (bicyclic) bond motifs is 1. The minimum Gasteiger partial charge on any atom is -0.353 e. The van der Waals surface area contributed by atoms with Crippen LogP contribution < -0.4 is 10.6 Å². The van der Waals surface area contributed by atoms with Crippen LogP contribution in [0.3, 0.4) is 0 Å². The molecule has 1 aromatic carbocycles. The molecule has 1 fully saturated rings. The zero-order valence-electron chi connectivity index (χ0n) is 11.3. The van der Waals surface area contributed by atoms with Crippen molar-refractivity contribution >= 4 is 5.91 Å². The molecule has 3 nitrogen and oxygen atoms in total. The van der Waals surface area contributed by atoms with Crippen LogP contribution in [0.2, 0.25) is 0 Å². The Labute approximate surface area is 114 Å². The van der Waals surface area contributed by atoms with Crippen LogP contribution in [0.15, 0.2) is 24.3 Å². The van der Waals surface area contributed by atoms with Crippen molar-refractivity contribution in [1.29, 1.82) is 0 Å². The van der Waals surface area contributed by atoms with E-state index in [2.05, 4.69) is 34.9 Å². The Hall–Kier alpha value is -1.35. The van der Waals surface area contributed by atoms with E-state index >= 15 is 0 Å². The Balaban J connectivity index is 1.57. The lowest BCUT2D eigenvalue weighted by Gasteiger charge is -2.18. The minimum atomic E-state index is 0.147. The van der Waals surface area contributed by atoms with Gasteiger partial charge in [-0.2, -0.15) is 0 Å². The van der Waals surface area contributed by atoms with Gasteiger partial charge in [-0.25, -0.2) is 0 Å². The third-order valence-corrected chi connectivity index (χ3v) is 4.34. The lowest BCUT2D eigenvalue weighted by atomic mass is 10.0. The average Bonchev–Trinajstić information content (AvgIpc) is 2.70.